The summed E-state index contributed by atoms with van der Waals surface area (Å²) < 4.78 is 0. The first-order valence-corrected chi connectivity index (χ1v) is 7.80. The van der Waals surface area contributed by atoms with Crippen molar-refractivity contribution in [2.75, 3.05) is 11.6 Å². The zero-order chi connectivity index (χ0) is 13.8. The molecule has 0 aliphatic heterocycles. The van der Waals surface area contributed by atoms with Crippen LogP contribution in [0.5, 0.6) is 0 Å². The number of rotatable bonds is 4. The fourth-order valence-electron chi connectivity index (χ4n) is 2.49. The molecule has 1 aromatic heterocycles. The van der Waals surface area contributed by atoms with Crippen molar-refractivity contribution < 1.29 is 4.92 Å². The topological polar surface area (TPSA) is 68.1 Å². The minimum Gasteiger partial charge on any atom is -0.362 e. The molecule has 6 heteroatoms. The van der Waals surface area contributed by atoms with Gasteiger partial charge in [-0.05, 0) is 38.5 Å². The van der Waals surface area contributed by atoms with Crippen LogP contribution in [0.1, 0.15) is 31.4 Å². The molecule has 5 nitrogen and oxygen atoms in total. The van der Waals surface area contributed by atoms with Crippen LogP contribution in [0.25, 0.3) is 0 Å². The molecule has 2 atom stereocenters. The molecule has 0 radical (unpaired) electrons. The van der Waals surface area contributed by atoms with Gasteiger partial charge in [0.25, 0.3) is 0 Å². The second kappa shape index (κ2) is 6.23. The van der Waals surface area contributed by atoms with Gasteiger partial charge in [0.1, 0.15) is 0 Å². The summed E-state index contributed by atoms with van der Waals surface area (Å²) in [5.41, 5.74) is 0.863. The number of aromatic nitrogens is 1. The molecule has 1 fully saturated rings. The summed E-state index contributed by atoms with van der Waals surface area (Å²) in [7, 11) is 0. The molecule has 0 spiro atoms. The summed E-state index contributed by atoms with van der Waals surface area (Å²) in [6.45, 7) is 1.85. The van der Waals surface area contributed by atoms with Crippen molar-refractivity contribution >= 4 is 23.3 Å². The summed E-state index contributed by atoms with van der Waals surface area (Å²) >= 11 is 1.88. The van der Waals surface area contributed by atoms with Gasteiger partial charge in [-0.15, -0.1) is 0 Å². The number of nitro groups is 1. The molecule has 1 saturated carbocycles. The van der Waals surface area contributed by atoms with Gasteiger partial charge in [0, 0.05) is 23.1 Å². The molecule has 1 aromatic rings. The first-order valence-electron chi connectivity index (χ1n) is 6.51. The van der Waals surface area contributed by atoms with E-state index in [1.54, 1.807) is 6.07 Å². The summed E-state index contributed by atoms with van der Waals surface area (Å²) in [6, 6.07) is 3.49. The Labute approximate surface area is 117 Å². The Kier molecular flexibility index (Phi) is 4.63. The number of nitrogens with one attached hydrogen (secondary N) is 1. The van der Waals surface area contributed by atoms with Crippen molar-refractivity contribution in [2.45, 2.75) is 43.9 Å². The second-order valence-corrected chi connectivity index (χ2v) is 6.08. The molecular formula is C13H19N3O2S. The lowest BCUT2D eigenvalue weighted by molar-refractivity contribution is -0.384. The van der Waals surface area contributed by atoms with Crippen LogP contribution in [0.15, 0.2) is 12.1 Å². The minimum atomic E-state index is -0.371. The standard InChI is InChI=1S/C13H19N3O2S/c1-9-6-7-12(16(17)18)13(14-9)15-10-4-3-5-11(8-10)19-2/h6-7,10-11H,3-5,8H2,1-2H3,(H,14,15). The quantitative estimate of drug-likeness (QED) is 0.677. The highest BCUT2D eigenvalue weighted by Gasteiger charge is 2.24. The zero-order valence-corrected chi connectivity index (χ0v) is 12.1. The Hall–Kier alpha value is -1.30. The number of pyridine rings is 1. The lowest BCUT2D eigenvalue weighted by Gasteiger charge is -2.28. The van der Waals surface area contributed by atoms with Gasteiger partial charge in [0.2, 0.25) is 5.82 Å². The van der Waals surface area contributed by atoms with E-state index < -0.39 is 0 Å². The first-order chi connectivity index (χ1) is 9.10. The van der Waals surface area contributed by atoms with Gasteiger partial charge in [-0.1, -0.05) is 6.42 Å². The molecule has 0 amide bonds. The number of nitrogens with zero attached hydrogens (tertiary/aromatic N) is 2. The first kappa shape index (κ1) is 14.1. The van der Waals surface area contributed by atoms with Crippen molar-refractivity contribution in [1.29, 1.82) is 0 Å². The van der Waals surface area contributed by atoms with E-state index in [-0.39, 0.29) is 10.6 Å². The smallest absolute Gasteiger partial charge is 0.311 e. The second-order valence-electron chi connectivity index (χ2n) is 4.94. The van der Waals surface area contributed by atoms with Gasteiger partial charge in [-0.25, -0.2) is 4.98 Å². The fraction of sp³-hybridized carbons (Fsp3) is 0.615. The lowest BCUT2D eigenvalue weighted by atomic mass is 9.95. The summed E-state index contributed by atoms with van der Waals surface area (Å²) in [4.78, 5) is 14.9. The monoisotopic (exact) mass is 281 g/mol. The van der Waals surface area contributed by atoms with Crippen LogP contribution >= 0.6 is 11.8 Å². The predicted molar refractivity (Wildman–Crippen MR) is 78.8 cm³/mol. The van der Waals surface area contributed by atoms with Gasteiger partial charge in [0.05, 0.1) is 4.92 Å². The predicted octanol–water partition coefficient (Wildman–Crippen LogP) is 3.38. The van der Waals surface area contributed by atoms with E-state index in [9.17, 15) is 10.1 Å². The minimum absolute atomic E-state index is 0.0666. The molecule has 0 aromatic carbocycles. The van der Waals surface area contributed by atoms with Crippen LogP contribution in [-0.4, -0.2) is 27.5 Å². The molecule has 1 aliphatic carbocycles. The fourth-order valence-corrected chi connectivity index (χ4v) is 3.31. The van der Waals surface area contributed by atoms with Crippen LogP contribution in [-0.2, 0) is 0 Å². The molecule has 2 unspecified atom stereocenters. The molecule has 19 heavy (non-hydrogen) atoms. The summed E-state index contributed by atoms with van der Waals surface area (Å²) in [5.74, 6) is 0.414. The summed E-state index contributed by atoms with van der Waals surface area (Å²) in [5, 5.41) is 14.9. The van der Waals surface area contributed by atoms with Crippen molar-refractivity contribution in [1.82, 2.24) is 4.98 Å². The molecular weight excluding hydrogens is 262 g/mol. The van der Waals surface area contributed by atoms with Gasteiger partial charge >= 0.3 is 5.69 Å². The Morgan fingerprint density at radius 1 is 1.47 bits per heavy atom. The molecule has 1 N–H and O–H groups in total. The number of aryl methyl sites for hydroxylation is 1. The van der Waals surface area contributed by atoms with E-state index in [4.69, 9.17) is 0 Å². The molecule has 1 aliphatic rings. The Morgan fingerprint density at radius 3 is 2.95 bits per heavy atom. The van der Waals surface area contributed by atoms with E-state index in [1.165, 1.54) is 18.9 Å². The maximum atomic E-state index is 11.0. The van der Waals surface area contributed by atoms with Crippen LogP contribution in [0, 0.1) is 17.0 Å². The van der Waals surface area contributed by atoms with E-state index in [1.807, 2.05) is 18.7 Å². The van der Waals surface area contributed by atoms with Crippen LogP contribution in [0.3, 0.4) is 0 Å². The van der Waals surface area contributed by atoms with E-state index in [0.717, 1.165) is 18.5 Å². The Bertz CT molecular complexity index is 467. The highest BCUT2D eigenvalue weighted by molar-refractivity contribution is 7.99. The van der Waals surface area contributed by atoms with Crippen LogP contribution in [0.2, 0.25) is 0 Å². The normalized spacial score (nSPS) is 23.1. The number of anilines is 1. The van der Waals surface area contributed by atoms with Gasteiger partial charge in [-0.2, -0.15) is 11.8 Å². The average molecular weight is 281 g/mol. The Morgan fingerprint density at radius 2 is 2.26 bits per heavy atom. The molecule has 2 rings (SSSR count). The summed E-state index contributed by atoms with van der Waals surface area (Å²) in [6.07, 6.45) is 6.64. The third-order valence-electron chi connectivity index (χ3n) is 3.51. The Balaban J connectivity index is 2.13. The molecule has 0 saturated heterocycles. The van der Waals surface area contributed by atoms with Gasteiger partial charge in [-0.3, -0.25) is 10.1 Å². The lowest BCUT2D eigenvalue weighted by Crippen LogP contribution is -2.29. The van der Waals surface area contributed by atoms with E-state index >= 15 is 0 Å². The van der Waals surface area contributed by atoms with Crippen molar-refractivity contribution in [3.63, 3.8) is 0 Å². The van der Waals surface area contributed by atoms with E-state index in [0.29, 0.717) is 17.1 Å². The van der Waals surface area contributed by atoms with Crippen LogP contribution < -0.4 is 5.32 Å². The van der Waals surface area contributed by atoms with Crippen LogP contribution in [0.4, 0.5) is 11.5 Å². The van der Waals surface area contributed by atoms with Crippen molar-refractivity contribution in [2.24, 2.45) is 0 Å². The van der Waals surface area contributed by atoms with E-state index in [2.05, 4.69) is 16.6 Å². The molecule has 1 heterocycles. The SMILES string of the molecule is CSC1CCCC(Nc2nc(C)ccc2[N+](=O)[O-])C1. The third-order valence-corrected chi connectivity index (χ3v) is 4.60. The van der Waals surface area contributed by atoms with Crippen molar-refractivity contribution in [3.05, 3.63) is 27.9 Å². The zero-order valence-electron chi connectivity index (χ0n) is 11.3. The maximum absolute atomic E-state index is 11.0. The molecule has 104 valence electrons. The maximum Gasteiger partial charge on any atom is 0.311 e. The largest absolute Gasteiger partial charge is 0.362 e. The number of hydrogen-bond donors (Lipinski definition) is 1. The highest BCUT2D eigenvalue weighted by Crippen LogP contribution is 2.30. The van der Waals surface area contributed by atoms with Crippen molar-refractivity contribution in [3.8, 4) is 0 Å². The average Bonchev–Trinajstić information content (AvgIpc) is 2.38. The molecule has 0 bridgehead atoms. The van der Waals surface area contributed by atoms with Gasteiger partial charge < -0.3 is 5.32 Å². The van der Waals surface area contributed by atoms with Gasteiger partial charge in [0.15, 0.2) is 0 Å². The number of hydrogen-bond acceptors (Lipinski definition) is 5. The number of thioether (sulfide) groups is 1. The third kappa shape index (κ3) is 3.59. The highest BCUT2D eigenvalue weighted by atomic mass is 32.2.